The summed E-state index contributed by atoms with van der Waals surface area (Å²) in [5.41, 5.74) is -4.12. The maximum absolute atomic E-state index is 12.6. The smallest absolute Gasteiger partial charge is 0.390 e. The molecule has 1 atom stereocenters. The quantitative estimate of drug-likeness (QED) is 0.480. The molecule has 0 radical (unpaired) electrons. The second-order valence-electron chi connectivity index (χ2n) is 6.77. The van der Waals surface area contributed by atoms with Gasteiger partial charge in [0.1, 0.15) is 21.9 Å². The van der Waals surface area contributed by atoms with Crippen molar-refractivity contribution in [2.24, 2.45) is 0 Å². The monoisotopic (exact) mass is 506 g/mol. The molecule has 13 heteroatoms. The van der Waals surface area contributed by atoms with Crippen LogP contribution in [-0.4, -0.2) is 39.9 Å². The number of aromatic nitrogens is 2. The summed E-state index contributed by atoms with van der Waals surface area (Å²) < 4.78 is 60.6. The first-order chi connectivity index (χ1) is 14.9. The largest absolute Gasteiger partial charge is 0.501 e. The van der Waals surface area contributed by atoms with Crippen molar-refractivity contribution in [3.8, 4) is 10.6 Å². The van der Waals surface area contributed by atoms with Gasteiger partial charge < -0.3 is 10.2 Å². The van der Waals surface area contributed by atoms with Crippen LogP contribution in [0, 0.1) is 0 Å². The fourth-order valence-corrected chi connectivity index (χ4v) is 5.35. The van der Waals surface area contributed by atoms with Gasteiger partial charge in [-0.1, -0.05) is 12.1 Å². The van der Waals surface area contributed by atoms with Gasteiger partial charge >= 0.3 is 5.51 Å². The molecule has 2 N–H and O–H groups in total. The fraction of sp³-hybridized carbons (Fsp3) is 0.316. The molecule has 0 aliphatic carbocycles. The van der Waals surface area contributed by atoms with Crippen molar-refractivity contribution in [3.63, 3.8) is 0 Å². The number of carbonyl (C=O) groups excluding carboxylic acids is 1. The van der Waals surface area contributed by atoms with E-state index in [0.717, 1.165) is 12.1 Å². The van der Waals surface area contributed by atoms with Gasteiger partial charge in [0, 0.05) is 11.8 Å². The highest BCUT2D eigenvalue weighted by atomic mass is 32.2. The topological polar surface area (TPSA) is 117 Å². The molecule has 0 bridgehead atoms. The Bertz CT molecular complexity index is 1220. The van der Waals surface area contributed by atoms with Gasteiger partial charge in [0.25, 0.3) is 9.84 Å². The highest BCUT2D eigenvalue weighted by Crippen LogP contribution is 2.34. The van der Waals surface area contributed by atoms with E-state index < -0.39 is 26.3 Å². The third-order valence-electron chi connectivity index (χ3n) is 4.29. The average Bonchev–Trinajstić information content (AvgIpc) is 3.34. The molecule has 7 nitrogen and oxygen atoms in total. The van der Waals surface area contributed by atoms with E-state index in [4.69, 9.17) is 0 Å². The Hall–Kier alpha value is -2.19. The van der Waals surface area contributed by atoms with Crippen LogP contribution in [0.2, 0.25) is 0 Å². The zero-order chi connectivity index (χ0) is 23.7. The van der Waals surface area contributed by atoms with Gasteiger partial charge in [-0.2, -0.15) is 13.2 Å². The summed E-state index contributed by atoms with van der Waals surface area (Å²) in [6, 6.07) is 4.00. The minimum atomic E-state index is -5.43. The highest BCUT2D eigenvalue weighted by molar-refractivity contribution is 7.92. The minimum Gasteiger partial charge on any atom is -0.390 e. The standard InChI is InChI=1S/C19H17F3N2O5S3/c1-10(26)18-24-14(8-25)17(31-18)15-9-30-16(23-15)7-12(27)6-11-2-4-13(5-3-11)32(28,29)19(20,21)22/h2-5,9-10,25-26H,6-8H2,1H3. The number of aliphatic hydroxyl groups excluding tert-OH is 2. The maximum atomic E-state index is 12.6. The SMILES string of the molecule is CC(O)c1nc(CO)c(-c2csc(CC(=O)Cc3ccc(S(=O)(=O)C(F)(F)F)cc3)n2)s1. The van der Waals surface area contributed by atoms with E-state index >= 15 is 0 Å². The molecule has 3 aromatic rings. The van der Waals surface area contributed by atoms with E-state index in [2.05, 4.69) is 9.97 Å². The third-order valence-corrected chi connectivity index (χ3v) is 7.93. The number of alkyl halides is 3. The Morgan fingerprint density at radius 3 is 2.38 bits per heavy atom. The van der Waals surface area contributed by atoms with Crippen LogP contribution in [0.15, 0.2) is 34.5 Å². The molecular weight excluding hydrogens is 489 g/mol. The molecule has 0 saturated carbocycles. The van der Waals surface area contributed by atoms with Crippen molar-refractivity contribution in [1.29, 1.82) is 0 Å². The summed E-state index contributed by atoms with van der Waals surface area (Å²) in [5, 5.41) is 21.8. The Morgan fingerprint density at radius 1 is 1.16 bits per heavy atom. The molecule has 0 spiro atoms. The number of sulfone groups is 1. The van der Waals surface area contributed by atoms with Gasteiger partial charge in [-0.3, -0.25) is 4.79 Å². The fourth-order valence-electron chi connectivity index (χ4n) is 2.73. The number of rotatable bonds is 8. The molecule has 1 unspecified atom stereocenters. The number of hydrogen-bond acceptors (Lipinski definition) is 9. The van der Waals surface area contributed by atoms with Crippen molar-refractivity contribution < 1.29 is 36.6 Å². The Kier molecular flexibility index (Phi) is 7.15. The summed E-state index contributed by atoms with van der Waals surface area (Å²) in [6.07, 6.45) is -0.920. The minimum absolute atomic E-state index is 0.0240. The Labute approximate surface area is 189 Å². The predicted octanol–water partition coefficient (Wildman–Crippen LogP) is 3.46. The number of hydrogen-bond donors (Lipinski definition) is 2. The normalized spacial score (nSPS) is 13.3. The molecule has 0 fully saturated rings. The summed E-state index contributed by atoms with van der Waals surface area (Å²) in [7, 11) is -5.43. The Balaban J connectivity index is 1.69. The number of carbonyl (C=O) groups is 1. The molecule has 172 valence electrons. The number of thiazole rings is 2. The summed E-state index contributed by atoms with van der Waals surface area (Å²) in [4.78, 5) is 20.6. The number of ketones is 1. The van der Waals surface area contributed by atoms with Gasteiger partial charge in [0.2, 0.25) is 0 Å². The van der Waals surface area contributed by atoms with Crippen LogP contribution in [0.4, 0.5) is 13.2 Å². The number of halogens is 3. The lowest BCUT2D eigenvalue weighted by molar-refractivity contribution is -0.117. The number of aliphatic hydroxyl groups is 2. The molecule has 0 amide bonds. The molecule has 0 saturated heterocycles. The molecular formula is C19H17F3N2O5S3. The lowest BCUT2D eigenvalue weighted by Crippen LogP contribution is -2.23. The third kappa shape index (κ3) is 5.23. The number of Topliss-reactive ketones (excluding diaryl/α,β-unsaturated/α-hetero) is 1. The number of benzene rings is 1. The summed E-state index contributed by atoms with van der Waals surface area (Å²) in [5.74, 6) is -0.256. The zero-order valence-electron chi connectivity index (χ0n) is 16.5. The Morgan fingerprint density at radius 2 is 1.81 bits per heavy atom. The van der Waals surface area contributed by atoms with Crippen LogP contribution in [0.1, 0.15) is 34.3 Å². The van der Waals surface area contributed by atoms with Gasteiger partial charge in [-0.25, -0.2) is 18.4 Å². The summed E-state index contributed by atoms with van der Waals surface area (Å²) in [6.45, 7) is 1.23. The first-order valence-electron chi connectivity index (χ1n) is 9.07. The highest BCUT2D eigenvalue weighted by Gasteiger charge is 2.46. The second-order valence-corrected chi connectivity index (χ2v) is 10.7. The van der Waals surface area contributed by atoms with E-state index in [0.29, 0.717) is 31.8 Å². The van der Waals surface area contributed by atoms with Crippen LogP contribution >= 0.6 is 22.7 Å². The second kappa shape index (κ2) is 9.35. The van der Waals surface area contributed by atoms with E-state index in [-0.39, 0.29) is 25.2 Å². The van der Waals surface area contributed by atoms with Crippen LogP contribution in [-0.2, 0) is 34.1 Å². The molecule has 0 aliphatic heterocycles. The van der Waals surface area contributed by atoms with Crippen molar-refractivity contribution >= 4 is 38.3 Å². The van der Waals surface area contributed by atoms with Crippen molar-refractivity contribution in [2.45, 2.75) is 42.9 Å². The van der Waals surface area contributed by atoms with E-state index in [9.17, 15) is 36.6 Å². The maximum Gasteiger partial charge on any atom is 0.501 e. The van der Waals surface area contributed by atoms with Crippen molar-refractivity contribution in [3.05, 3.63) is 50.9 Å². The lowest BCUT2D eigenvalue weighted by Gasteiger charge is -2.08. The van der Waals surface area contributed by atoms with Crippen LogP contribution in [0.5, 0.6) is 0 Å². The van der Waals surface area contributed by atoms with Gasteiger partial charge in [0.15, 0.2) is 0 Å². The molecule has 0 aliphatic rings. The average molecular weight is 507 g/mol. The molecule has 2 aromatic heterocycles. The van der Waals surface area contributed by atoms with Crippen molar-refractivity contribution in [1.82, 2.24) is 9.97 Å². The molecule has 2 heterocycles. The van der Waals surface area contributed by atoms with E-state index in [1.807, 2.05) is 0 Å². The van der Waals surface area contributed by atoms with Gasteiger partial charge in [-0.05, 0) is 24.6 Å². The predicted molar refractivity (Wildman–Crippen MR) is 112 cm³/mol. The molecule has 32 heavy (non-hydrogen) atoms. The number of nitrogens with zero attached hydrogens (tertiary/aromatic N) is 2. The molecule has 3 rings (SSSR count). The van der Waals surface area contributed by atoms with Crippen LogP contribution in [0.3, 0.4) is 0 Å². The van der Waals surface area contributed by atoms with Gasteiger partial charge in [-0.15, -0.1) is 22.7 Å². The summed E-state index contributed by atoms with van der Waals surface area (Å²) >= 11 is 2.42. The first-order valence-corrected chi connectivity index (χ1v) is 12.3. The first kappa shape index (κ1) is 24.5. The van der Waals surface area contributed by atoms with E-state index in [1.54, 1.807) is 12.3 Å². The van der Waals surface area contributed by atoms with E-state index in [1.165, 1.54) is 34.8 Å². The van der Waals surface area contributed by atoms with Crippen molar-refractivity contribution in [2.75, 3.05) is 0 Å². The van der Waals surface area contributed by atoms with Crippen LogP contribution < -0.4 is 0 Å². The van der Waals surface area contributed by atoms with Crippen LogP contribution in [0.25, 0.3) is 10.6 Å². The molecule has 1 aromatic carbocycles. The zero-order valence-corrected chi connectivity index (χ0v) is 18.9. The van der Waals surface area contributed by atoms with Gasteiger partial charge in [0.05, 0.1) is 34.2 Å². The lowest BCUT2D eigenvalue weighted by atomic mass is 10.1.